The molecule has 2 aromatic rings. The molecule has 100 valence electrons. The van der Waals surface area contributed by atoms with E-state index in [-0.39, 0.29) is 11.6 Å². The normalized spacial score (nSPS) is 12.4. The number of aromatic amines is 1. The van der Waals surface area contributed by atoms with Crippen LogP contribution in [0.1, 0.15) is 30.8 Å². The molecule has 5 nitrogen and oxygen atoms in total. The van der Waals surface area contributed by atoms with E-state index in [4.69, 9.17) is 5.73 Å². The molecule has 2 rings (SSSR count). The third-order valence-electron chi connectivity index (χ3n) is 2.64. The molecular weight excluding hydrogens is 260 g/mol. The molecule has 0 radical (unpaired) electrons. The highest BCUT2D eigenvalue weighted by Crippen LogP contribution is 2.24. The highest BCUT2D eigenvalue weighted by atomic mass is 32.2. The number of aryl methyl sites for hydroxylation is 1. The lowest BCUT2D eigenvalue weighted by atomic mass is 10.1. The van der Waals surface area contributed by atoms with Crippen molar-refractivity contribution in [3.63, 3.8) is 0 Å². The topological polar surface area (TPSA) is 84.7 Å². The molecule has 1 unspecified atom stereocenters. The summed E-state index contributed by atoms with van der Waals surface area (Å²) in [6.45, 7) is 3.82. The Kier molecular flexibility index (Phi) is 4.34. The van der Waals surface area contributed by atoms with Gasteiger partial charge >= 0.3 is 0 Å². The van der Waals surface area contributed by atoms with E-state index in [0.29, 0.717) is 10.9 Å². The highest BCUT2D eigenvalue weighted by molar-refractivity contribution is 7.99. The summed E-state index contributed by atoms with van der Waals surface area (Å²) in [5, 5.41) is 0.569. The minimum Gasteiger partial charge on any atom is -0.323 e. The zero-order valence-corrected chi connectivity index (χ0v) is 11.7. The molecule has 0 bridgehead atoms. The first-order chi connectivity index (χ1) is 9.08. The van der Waals surface area contributed by atoms with Gasteiger partial charge in [0.15, 0.2) is 5.16 Å². The second-order valence-corrected chi connectivity index (χ2v) is 5.29. The number of aromatic nitrogens is 3. The van der Waals surface area contributed by atoms with Gasteiger partial charge in [0.2, 0.25) is 0 Å². The Hall–Kier alpha value is -1.66. The number of rotatable bonds is 4. The maximum absolute atomic E-state index is 11.3. The fourth-order valence-corrected chi connectivity index (χ4v) is 2.40. The van der Waals surface area contributed by atoms with Crippen LogP contribution in [-0.2, 0) is 0 Å². The monoisotopic (exact) mass is 276 g/mol. The van der Waals surface area contributed by atoms with Crippen LogP contribution in [0.2, 0.25) is 0 Å². The zero-order valence-electron chi connectivity index (χ0n) is 10.9. The first-order valence-corrected chi connectivity index (χ1v) is 6.87. The first kappa shape index (κ1) is 13.8. The molecule has 0 aliphatic carbocycles. The molecule has 1 atom stereocenters. The van der Waals surface area contributed by atoms with E-state index in [1.807, 2.05) is 19.1 Å². The van der Waals surface area contributed by atoms with E-state index in [2.05, 4.69) is 15.0 Å². The van der Waals surface area contributed by atoms with Crippen LogP contribution in [0.15, 0.2) is 39.2 Å². The SMILES string of the molecule is CCC(N)c1ccc(Sc2nc(C)cc(=O)[nH]2)cn1. The number of nitrogens with two attached hydrogens (primary N) is 1. The number of hydrogen-bond acceptors (Lipinski definition) is 5. The Morgan fingerprint density at radius 2 is 2.26 bits per heavy atom. The Labute approximate surface area is 115 Å². The maximum atomic E-state index is 11.3. The molecule has 0 aromatic carbocycles. The second kappa shape index (κ2) is 5.99. The second-order valence-electron chi connectivity index (χ2n) is 4.23. The molecule has 0 saturated carbocycles. The molecule has 0 aliphatic rings. The molecular formula is C13H16N4OS. The molecule has 2 aromatic heterocycles. The zero-order chi connectivity index (χ0) is 13.8. The largest absolute Gasteiger partial charge is 0.323 e. The van der Waals surface area contributed by atoms with Crippen LogP contribution < -0.4 is 11.3 Å². The predicted octanol–water partition coefficient (Wildman–Crippen LogP) is 2.03. The van der Waals surface area contributed by atoms with E-state index in [1.54, 1.807) is 13.1 Å². The van der Waals surface area contributed by atoms with Crippen molar-refractivity contribution in [1.29, 1.82) is 0 Å². The van der Waals surface area contributed by atoms with Gasteiger partial charge in [-0.15, -0.1) is 0 Å². The molecule has 19 heavy (non-hydrogen) atoms. The van der Waals surface area contributed by atoms with Gasteiger partial charge in [-0.3, -0.25) is 9.78 Å². The number of nitrogens with zero attached hydrogens (tertiary/aromatic N) is 2. The molecule has 0 saturated heterocycles. The van der Waals surface area contributed by atoms with Crippen molar-refractivity contribution < 1.29 is 0 Å². The van der Waals surface area contributed by atoms with Crippen molar-refractivity contribution in [2.45, 2.75) is 36.4 Å². The quantitative estimate of drug-likeness (QED) is 0.835. The smallest absolute Gasteiger partial charge is 0.251 e. The van der Waals surface area contributed by atoms with Crippen LogP contribution in [0.3, 0.4) is 0 Å². The van der Waals surface area contributed by atoms with Crippen LogP contribution in [0.4, 0.5) is 0 Å². The van der Waals surface area contributed by atoms with Gasteiger partial charge in [0.05, 0.1) is 5.69 Å². The lowest BCUT2D eigenvalue weighted by Crippen LogP contribution is -2.10. The molecule has 0 fully saturated rings. The predicted molar refractivity (Wildman–Crippen MR) is 75.2 cm³/mol. The van der Waals surface area contributed by atoms with Gasteiger partial charge in [0.25, 0.3) is 5.56 Å². The van der Waals surface area contributed by atoms with Crippen molar-refractivity contribution in [3.05, 3.63) is 46.1 Å². The van der Waals surface area contributed by atoms with Gasteiger partial charge in [-0.25, -0.2) is 4.98 Å². The lowest BCUT2D eigenvalue weighted by Gasteiger charge is -2.08. The highest BCUT2D eigenvalue weighted by Gasteiger charge is 2.06. The molecule has 6 heteroatoms. The molecule has 0 amide bonds. The Balaban J connectivity index is 2.17. The summed E-state index contributed by atoms with van der Waals surface area (Å²) < 4.78 is 0. The van der Waals surface area contributed by atoms with E-state index in [9.17, 15) is 4.79 Å². The third kappa shape index (κ3) is 3.65. The van der Waals surface area contributed by atoms with Gasteiger partial charge in [0.1, 0.15) is 0 Å². The van der Waals surface area contributed by atoms with Crippen molar-refractivity contribution in [2.24, 2.45) is 5.73 Å². The van der Waals surface area contributed by atoms with Gasteiger partial charge in [0, 0.05) is 28.9 Å². The molecule has 2 heterocycles. The van der Waals surface area contributed by atoms with Crippen LogP contribution in [0, 0.1) is 6.92 Å². The maximum Gasteiger partial charge on any atom is 0.251 e. The minimum atomic E-state index is -0.146. The molecule has 3 N–H and O–H groups in total. The Morgan fingerprint density at radius 1 is 1.47 bits per heavy atom. The Bertz CT molecular complexity index is 609. The van der Waals surface area contributed by atoms with Crippen molar-refractivity contribution in [1.82, 2.24) is 15.0 Å². The average molecular weight is 276 g/mol. The van der Waals surface area contributed by atoms with Gasteiger partial charge in [-0.2, -0.15) is 0 Å². The summed E-state index contributed by atoms with van der Waals surface area (Å²) in [6.07, 6.45) is 2.60. The van der Waals surface area contributed by atoms with Crippen LogP contribution in [-0.4, -0.2) is 15.0 Å². The van der Waals surface area contributed by atoms with E-state index >= 15 is 0 Å². The Morgan fingerprint density at radius 3 is 2.84 bits per heavy atom. The van der Waals surface area contributed by atoms with E-state index < -0.39 is 0 Å². The van der Waals surface area contributed by atoms with Crippen molar-refractivity contribution >= 4 is 11.8 Å². The van der Waals surface area contributed by atoms with Gasteiger partial charge < -0.3 is 10.7 Å². The standard InChI is InChI=1S/C13H16N4OS/c1-3-10(14)11-5-4-9(7-15-11)19-13-16-8(2)6-12(18)17-13/h4-7,10H,3,14H2,1-2H3,(H,16,17,18). The number of H-pyrrole nitrogens is 1. The lowest BCUT2D eigenvalue weighted by molar-refractivity contribution is 0.674. The summed E-state index contributed by atoms with van der Waals surface area (Å²) in [7, 11) is 0. The summed E-state index contributed by atoms with van der Waals surface area (Å²) in [4.78, 5) is 23.5. The van der Waals surface area contributed by atoms with Crippen LogP contribution >= 0.6 is 11.8 Å². The van der Waals surface area contributed by atoms with Crippen molar-refractivity contribution in [3.8, 4) is 0 Å². The minimum absolute atomic E-state index is 0.0315. The summed E-state index contributed by atoms with van der Waals surface area (Å²) >= 11 is 1.37. The fraction of sp³-hybridized carbons (Fsp3) is 0.308. The van der Waals surface area contributed by atoms with Crippen molar-refractivity contribution in [2.75, 3.05) is 0 Å². The fourth-order valence-electron chi connectivity index (χ4n) is 1.59. The number of pyridine rings is 1. The van der Waals surface area contributed by atoms with Crippen LogP contribution in [0.25, 0.3) is 0 Å². The van der Waals surface area contributed by atoms with E-state index in [1.165, 1.54) is 17.8 Å². The number of nitrogens with one attached hydrogen (secondary N) is 1. The van der Waals surface area contributed by atoms with Gasteiger partial charge in [-0.05, 0) is 25.5 Å². The molecule has 0 aliphatic heterocycles. The third-order valence-corrected chi connectivity index (χ3v) is 3.51. The summed E-state index contributed by atoms with van der Waals surface area (Å²) in [5.41, 5.74) is 7.33. The summed E-state index contributed by atoms with van der Waals surface area (Å²) in [5.74, 6) is 0. The van der Waals surface area contributed by atoms with Crippen LogP contribution in [0.5, 0.6) is 0 Å². The average Bonchev–Trinajstić information content (AvgIpc) is 2.37. The number of hydrogen-bond donors (Lipinski definition) is 2. The first-order valence-electron chi connectivity index (χ1n) is 6.06. The molecule has 0 spiro atoms. The van der Waals surface area contributed by atoms with E-state index in [0.717, 1.165) is 17.0 Å². The summed E-state index contributed by atoms with van der Waals surface area (Å²) in [6, 6.07) is 5.27. The van der Waals surface area contributed by atoms with Gasteiger partial charge in [-0.1, -0.05) is 18.7 Å².